The molecule has 0 radical (unpaired) electrons. The van der Waals surface area contributed by atoms with E-state index in [0.717, 1.165) is 11.5 Å². The highest BCUT2D eigenvalue weighted by Crippen LogP contribution is 2.24. The van der Waals surface area contributed by atoms with Crippen molar-refractivity contribution in [3.8, 4) is 23.0 Å². The Kier molecular flexibility index (Phi) is 5.53. The number of nitrogens with one attached hydrogen (secondary N) is 1. The molecule has 0 aromatic heterocycles. The van der Waals surface area contributed by atoms with Crippen molar-refractivity contribution in [1.82, 2.24) is 0 Å². The molecule has 0 bridgehead atoms. The number of carbonyl (C=O) groups excluding carboxylic acids is 1. The van der Waals surface area contributed by atoms with Crippen LogP contribution in [0.1, 0.15) is 10.4 Å². The monoisotopic (exact) mass is 381 g/mol. The maximum Gasteiger partial charge on any atom is 0.255 e. The van der Waals surface area contributed by atoms with Crippen molar-refractivity contribution in [2.75, 3.05) is 5.32 Å². The van der Waals surface area contributed by atoms with E-state index in [0.29, 0.717) is 22.7 Å². The van der Waals surface area contributed by atoms with Crippen LogP contribution in [0, 0.1) is 0 Å². The Balaban J connectivity index is 1.40. The lowest BCUT2D eigenvalue weighted by Gasteiger charge is -2.09. The zero-order valence-electron chi connectivity index (χ0n) is 15.6. The molecule has 29 heavy (non-hydrogen) atoms. The van der Waals surface area contributed by atoms with Crippen molar-refractivity contribution in [1.29, 1.82) is 0 Å². The van der Waals surface area contributed by atoms with Crippen molar-refractivity contribution in [2.45, 2.75) is 0 Å². The van der Waals surface area contributed by atoms with Crippen molar-refractivity contribution >= 4 is 11.6 Å². The van der Waals surface area contributed by atoms with Gasteiger partial charge >= 0.3 is 0 Å². The van der Waals surface area contributed by atoms with E-state index < -0.39 is 0 Å². The lowest BCUT2D eigenvalue weighted by atomic mass is 10.2. The maximum absolute atomic E-state index is 12.6. The minimum absolute atomic E-state index is 0.208. The highest BCUT2D eigenvalue weighted by molar-refractivity contribution is 6.04. The molecule has 0 saturated carbocycles. The number of rotatable bonds is 6. The van der Waals surface area contributed by atoms with Crippen LogP contribution in [-0.4, -0.2) is 5.91 Å². The average molecular weight is 381 g/mol. The molecule has 4 aromatic carbocycles. The summed E-state index contributed by atoms with van der Waals surface area (Å²) in [5.41, 5.74) is 1.20. The van der Waals surface area contributed by atoms with Gasteiger partial charge in [0.25, 0.3) is 5.91 Å². The number of carbonyl (C=O) groups is 1. The summed E-state index contributed by atoms with van der Waals surface area (Å²) in [6.07, 6.45) is 0. The van der Waals surface area contributed by atoms with Crippen LogP contribution in [0.15, 0.2) is 109 Å². The van der Waals surface area contributed by atoms with Gasteiger partial charge in [0.2, 0.25) is 0 Å². The van der Waals surface area contributed by atoms with Gasteiger partial charge in [-0.25, -0.2) is 0 Å². The summed E-state index contributed by atoms with van der Waals surface area (Å²) in [6.45, 7) is 0. The van der Waals surface area contributed by atoms with Crippen LogP contribution in [0.4, 0.5) is 5.69 Å². The first-order valence-electron chi connectivity index (χ1n) is 9.23. The Morgan fingerprint density at radius 2 is 1.07 bits per heavy atom. The van der Waals surface area contributed by atoms with E-state index in [1.165, 1.54) is 0 Å². The van der Waals surface area contributed by atoms with Crippen LogP contribution in [-0.2, 0) is 0 Å². The Labute approximate surface area is 169 Å². The van der Waals surface area contributed by atoms with Gasteiger partial charge in [0.1, 0.15) is 23.0 Å². The molecule has 4 rings (SSSR count). The van der Waals surface area contributed by atoms with E-state index in [4.69, 9.17) is 9.47 Å². The fourth-order valence-corrected chi connectivity index (χ4v) is 2.76. The molecule has 1 amide bonds. The van der Waals surface area contributed by atoms with Crippen molar-refractivity contribution in [2.24, 2.45) is 0 Å². The summed E-state index contributed by atoms with van der Waals surface area (Å²) in [7, 11) is 0. The minimum Gasteiger partial charge on any atom is -0.457 e. The zero-order chi connectivity index (χ0) is 19.9. The van der Waals surface area contributed by atoms with E-state index in [2.05, 4.69) is 5.32 Å². The van der Waals surface area contributed by atoms with Crippen LogP contribution in [0.25, 0.3) is 0 Å². The van der Waals surface area contributed by atoms with Crippen LogP contribution in [0.3, 0.4) is 0 Å². The van der Waals surface area contributed by atoms with E-state index in [-0.39, 0.29) is 5.91 Å². The normalized spacial score (nSPS) is 10.2. The summed E-state index contributed by atoms with van der Waals surface area (Å²) in [4.78, 5) is 12.6. The van der Waals surface area contributed by atoms with Crippen LogP contribution >= 0.6 is 0 Å². The van der Waals surface area contributed by atoms with Crippen molar-refractivity contribution < 1.29 is 14.3 Å². The lowest BCUT2D eigenvalue weighted by molar-refractivity contribution is 0.102. The number of hydrogen-bond donors (Lipinski definition) is 1. The molecule has 4 nitrogen and oxygen atoms in total. The smallest absolute Gasteiger partial charge is 0.255 e. The Hall–Kier alpha value is -4.05. The first kappa shape index (κ1) is 18.3. The molecule has 0 saturated heterocycles. The molecule has 0 aliphatic carbocycles. The van der Waals surface area contributed by atoms with E-state index in [1.54, 1.807) is 30.3 Å². The van der Waals surface area contributed by atoms with Crippen molar-refractivity contribution in [3.63, 3.8) is 0 Å². The second-order valence-corrected chi connectivity index (χ2v) is 6.34. The molecular weight excluding hydrogens is 362 g/mol. The third-order valence-corrected chi connectivity index (χ3v) is 4.17. The average Bonchev–Trinajstić information content (AvgIpc) is 2.77. The van der Waals surface area contributed by atoms with Gasteiger partial charge in [-0.05, 0) is 66.7 Å². The maximum atomic E-state index is 12.6. The van der Waals surface area contributed by atoms with Crippen molar-refractivity contribution in [3.05, 3.63) is 115 Å². The van der Waals surface area contributed by atoms with E-state index in [1.807, 2.05) is 78.9 Å². The van der Waals surface area contributed by atoms with E-state index >= 15 is 0 Å². The summed E-state index contributed by atoms with van der Waals surface area (Å²) in [5, 5.41) is 2.89. The number of para-hydroxylation sites is 2. The first-order chi connectivity index (χ1) is 14.3. The second-order valence-electron chi connectivity index (χ2n) is 6.34. The first-order valence-corrected chi connectivity index (χ1v) is 9.23. The largest absolute Gasteiger partial charge is 0.457 e. The van der Waals surface area contributed by atoms with Gasteiger partial charge in [0.05, 0.1) is 0 Å². The molecule has 0 aliphatic heterocycles. The van der Waals surface area contributed by atoms with Gasteiger partial charge in [-0.1, -0.05) is 42.5 Å². The number of ether oxygens (including phenoxy) is 2. The molecule has 0 unspecified atom stereocenters. The fourth-order valence-electron chi connectivity index (χ4n) is 2.76. The minimum atomic E-state index is -0.208. The predicted octanol–water partition coefficient (Wildman–Crippen LogP) is 6.52. The van der Waals surface area contributed by atoms with Gasteiger partial charge in [0, 0.05) is 11.3 Å². The molecule has 0 fully saturated rings. The molecule has 0 spiro atoms. The third kappa shape index (κ3) is 5.02. The van der Waals surface area contributed by atoms with Gasteiger partial charge in [-0.3, -0.25) is 4.79 Å². The molecule has 4 aromatic rings. The fraction of sp³-hybridized carbons (Fsp3) is 0. The standard InChI is InChI=1S/C25H19NO3/c27-25(19-8-7-13-24(18-19)29-22-11-5-2-6-12-22)26-20-14-16-23(17-15-20)28-21-9-3-1-4-10-21/h1-18H,(H,26,27). The van der Waals surface area contributed by atoms with Crippen LogP contribution < -0.4 is 14.8 Å². The SMILES string of the molecule is O=C(Nc1ccc(Oc2ccccc2)cc1)c1cccc(Oc2ccccc2)c1. The molecule has 0 atom stereocenters. The number of hydrogen-bond acceptors (Lipinski definition) is 3. The van der Waals surface area contributed by atoms with Gasteiger partial charge in [0.15, 0.2) is 0 Å². The number of benzene rings is 4. The topological polar surface area (TPSA) is 47.6 Å². The van der Waals surface area contributed by atoms with Crippen LogP contribution in [0.5, 0.6) is 23.0 Å². The third-order valence-electron chi connectivity index (χ3n) is 4.17. The number of amides is 1. The lowest BCUT2D eigenvalue weighted by Crippen LogP contribution is -2.11. The highest BCUT2D eigenvalue weighted by Gasteiger charge is 2.08. The summed E-state index contributed by atoms with van der Waals surface area (Å²) < 4.78 is 11.6. The summed E-state index contributed by atoms with van der Waals surface area (Å²) in [5.74, 6) is 2.58. The molecule has 0 aliphatic rings. The Morgan fingerprint density at radius 1 is 0.552 bits per heavy atom. The highest BCUT2D eigenvalue weighted by atomic mass is 16.5. The second kappa shape index (κ2) is 8.76. The van der Waals surface area contributed by atoms with Gasteiger partial charge in [-0.2, -0.15) is 0 Å². The molecule has 142 valence electrons. The van der Waals surface area contributed by atoms with Gasteiger partial charge in [-0.15, -0.1) is 0 Å². The van der Waals surface area contributed by atoms with Gasteiger partial charge < -0.3 is 14.8 Å². The molecule has 1 N–H and O–H groups in total. The Bertz CT molecular complexity index is 1080. The van der Waals surface area contributed by atoms with Crippen LogP contribution in [0.2, 0.25) is 0 Å². The number of anilines is 1. The zero-order valence-corrected chi connectivity index (χ0v) is 15.6. The summed E-state index contributed by atoms with van der Waals surface area (Å²) in [6, 6.07) is 33.3. The Morgan fingerprint density at radius 3 is 1.69 bits per heavy atom. The molecule has 4 heteroatoms. The quantitative estimate of drug-likeness (QED) is 0.413. The molecule has 0 heterocycles. The predicted molar refractivity (Wildman–Crippen MR) is 114 cm³/mol. The molecular formula is C25H19NO3. The summed E-state index contributed by atoms with van der Waals surface area (Å²) >= 11 is 0. The van der Waals surface area contributed by atoms with E-state index in [9.17, 15) is 4.79 Å².